The fourth-order valence-corrected chi connectivity index (χ4v) is 2.42. The molecule has 3 nitrogen and oxygen atoms in total. The van der Waals surface area contributed by atoms with E-state index in [0.717, 1.165) is 18.5 Å². The molecule has 0 saturated heterocycles. The van der Waals surface area contributed by atoms with Crippen LogP contribution in [0.4, 0.5) is 10.5 Å². The number of amides is 2. The molecule has 0 aliphatic rings. The van der Waals surface area contributed by atoms with E-state index < -0.39 is 6.03 Å². The molecule has 1 rings (SSSR count). The summed E-state index contributed by atoms with van der Waals surface area (Å²) in [4.78, 5) is 11.0. The highest BCUT2D eigenvalue weighted by molar-refractivity contribution is 5.88. The van der Waals surface area contributed by atoms with Crippen LogP contribution in [-0.2, 0) is 12.8 Å². The fraction of sp³-hybridized carbons (Fsp3) is 0.562. The van der Waals surface area contributed by atoms with E-state index in [0.29, 0.717) is 0 Å². The number of primary amides is 1. The van der Waals surface area contributed by atoms with Crippen LogP contribution in [0.1, 0.15) is 56.2 Å². The first-order valence-corrected chi connectivity index (χ1v) is 7.27. The van der Waals surface area contributed by atoms with Gasteiger partial charge in [0.2, 0.25) is 0 Å². The van der Waals surface area contributed by atoms with Crippen LogP contribution in [0.5, 0.6) is 0 Å². The average Bonchev–Trinajstić information content (AvgIpc) is 2.37. The van der Waals surface area contributed by atoms with Gasteiger partial charge in [-0.1, -0.05) is 33.1 Å². The maximum absolute atomic E-state index is 11.0. The molecule has 3 heteroatoms. The summed E-state index contributed by atoms with van der Waals surface area (Å²) in [6.07, 6.45) is 7.07. The molecule has 2 amide bonds. The Labute approximate surface area is 116 Å². The monoisotopic (exact) mass is 262 g/mol. The molecule has 0 fully saturated rings. The van der Waals surface area contributed by atoms with E-state index in [1.54, 1.807) is 0 Å². The molecular weight excluding hydrogens is 236 g/mol. The second-order valence-electron chi connectivity index (χ2n) is 5.07. The van der Waals surface area contributed by atoms with Gasteiger partial charge < -0.3 is 11.1 Å². The normalized spacial score (nSPS) is 10.5. The van der Waals surface area contributed by atoms with Crippen molar-refractivity contribution in [1.82, 2.24) is 0 Å². The number of nitrogens with one attached hydrogen (secondary N) is 1. The van der Waals surface area contributed by atoms with Crippen molar-refractivity contribution in [3.8, 4) is 0 Å². The Kier molecular flexibility index (Phi) is 6.40. The molecule has 0 unspecified atom stereocenters. The van der Waals surface area contributed by atoms with Crippen LogP contribution in [0.3, 0.4) is 0 Å². The zero-order valence-electron chi connectivity index (χ0n) is 12.4. The molecule has 0 aliphatic carbocycles. The highest BCUT2D eigenvalue weighted by Crippen LogP contribution is 2.23. The molecular formula is C16H26N2O. The van der Waals surface area contributed by atoms with Crippen molar-refractivity contribution in [2.75, 3.05) is 5.32 Å². The zero-order chi connectivity index (χ0) is 14.3. The number of benzene rings is 1. The maximum Gasteiger partial charge on any atom is 0.316 e. The Morgan fingerprint density at radius 1 is 1.16 bits per heavy atom. The number of hydrogen-bond donors (Lipinski definition) is 2. The minimum absolute atomic E-state index is 0.497. The standard InChI is InChI=1S/C16H26N2O/c1-4-6-7-8-9-14-11-15(18-16(17)19)10-13(5-2)12(14)3/h10-11H,4-9H2,1-3H3,(H3,17,18,19). The van der Waals surface area contributed by atoms with Gasteiger partial charge in [0, 0.05) is 5.69 Å². The Balaban J connectivity index is 2.84. The molecule has 0 bridgehead atoms. The average molecular weight is 262 g/mol. The molecule has 1 aromatic rings. The van der Waals surface area contributed by atoms with Gasteiger partial charge in [0.25, 0.3) is 0 Å². The van der Waals surface area contributed by atoms with Crippen molar-refractivity contribution in [3.63, 3.8) is 0 Å². The van der Waals surface area contributed by atoms with E-state index in [-0.39, 0.29) is 0 Å². The molecule has 0 atom stereocenters. The predicted octanol–water partition coefficient (Wildman–Crippen LogP) is 4.17. The number of urea groups is 1. The minimum atomic E-state index is -0.497. The summed E-state index contributed by atoms with van der Waals surface area (Å²) in [5, 5.41) is 2.69. The lowest BCUT2D eigenvalue weighted by molar-refractivity contribution is 0.259. The molecule has 0 spiro atoms. The number of anilines is 1. The van der Waals surface area contributed by atoms with Gasteiger partial charge >= 0.3 is 6.03 Å². The van der Waals surface area contributed by atoms with Gasteiger partial charge in [-0.2, -0.15) is 0 Å². The van der Waals surface area contributed by atoms with Crippen LogP contribution in [-0.4, -0.2) is 6.03 Å². The molecule has 0 saturated carbocycles. The predicted molar refractivity (Wildman–Crippen MR) is 81.6 cm³/mol. The van der Waals surface area contributed by atoms with Gasteiger partial charge in [-0.25, -0.2) is 4.79 Å². The van der Waals surface area contributed by atoms with E-state index >= 15 is 0 Å². The number of hydrogen-bond acceptors (Lipinski definition) is 1. The lowest BCUT2D eigenvalue weighted by Gasteiger charge is -2.14. The van der Waals surface area contributed by atoms with E-state index in [9.17, 15) is 4.79 Å². The summed E-state index contributed by atoms with van der Waals surface area (Å²) in [6.45, 7) is 6.52. The summed E-state index contributed by atoms with van der Waals surface area (Å²) in [5.74, 6) is 0. The first kappa shape index (κ1) is 15.5. The van der Waals surface area contributed by atoms with Crippen LogP contribution in [0.15, 0.2) is 12.1 Å². The van der Waals surface area contributed by atoms with Crippen molar-refractivity contribution < 1.29 is 4.79 Å². The van der Waals surface area contributed by atoms with Crippen LogP contribution < -0.4 is 11.1 Å². The van der Waals surface area contributed by atoms with Gasteiger partial charge in [-0.05, 0) is 55.0 Å². The van der Waals surface area contributed by atoms with Gasteiger partial charge in [0.1, 0.15) is 0 Å². The molecule has 1 aromatic carbocycles. The molecule has 3 N–H and O–H groups in total. The van der Waals surface area contributed by atoms with E-state index in [1.807, 2.05) is 6.07 Å². The van der Waals surface area contributed by atoms with E-state index in [4.69, 9.17) is 5.73 Å². The molecule has 106 valence electrons. The summed E-state index contributed by atoms with van der Waals surface area (Å²) in [5.41, 5.74) is 9.99. The topological polar surface area (TPSA) is 55.1 Å². The lowest BCUT2D eigenvalue weighted by atomic mass is 9.95. The number of carbonyl (C=O) groups excluding carboxylic acids is 1. The Hall–Kier alpha value is -1.51. The molecule has 0 aliphatic heterocycles. The quantitative estimate of drug-likeness (QED) is 0.712. The number of aryl methyl sites for hydroxylation is 2. The third-order valence-corrected chi connectivity index (χ3v) is 3.57. The smallest absolute Gasteiger partial charge is 0.316 e. The number of nitrogens with two attached hydrogens (primary N) is 1. The second kappa shape index (κ2) is 7.82. The van der Waals surface area contributed by atoms with Gasteiger partial charge in [-0.3, -0.25) is 0 Å². The zero-order valence-corrected chi connectivity index (χ0v) is 12.4. The second-order valence-corrected chi connectivity index (χ2v) is 5.07. The third-order valence-electron chi connectivity index (χ3n) is 3.57. The van der Waals surface area contributed by atoms with Crippen LogP contribution in [0.25, 0.3) is 0 Å². The maximum atomic E-state index is 11.0. The van der Waals surface area contributed by atoms with Crippen molar-refractivity contribution in [3.05, 3.63) is 28.8 Å². The third kappa shape index (κ3) is 4.93. The SMILES string of the molecule is CCCCCCc1cc(NC(N)=O)cc(CC)c1C. The lowest BCUT2D eigenvalue weighted by Crippen LogP contribution is -2.19. The molecule has 0 heterocycles. The minimum Gasteiger partial charge on any atom is -0.351 e. The summed E-state index contributed by atoms with van der Waals surface area (Å²) >= 11 is 0. The van der Waals surface area contributed by atoms with Crippen LogP contribution in [0.2, 0.25) is 0 Å². The Morgan fingerprint density at radius 2 is 1.84 bits per heavy atom. The fourth-order valence-electron chi connectivity index (χ4n) is 2.42. The van der Waals surface area contributed by atoms with Crippen molar-refractivity contribution in [1.29, 1.82) is 0 Å². The van der Waals surface area contributed by atoms with Crippen molar-refractivity contribution >= 4 is 11.7 Å². The van der Waals surface area contributed by atoms with Crippen molar-refractivity contribution in [2.24, 2.45) is 5.73 Å². The van der Waals surface area contributed by atoms with E-state index in [2.05, 4.69) is 32.2 Å². The van der Waals surface area contributed by atoms with E-state index in [1.165, 1.54) is 42.4 Å². The summed E-state index contributed by atoms with van der Waals surface area (Å²) in [6, 6.07) is 3.59. The number of rotatable bonds is 7. The summed E-state index contributed by atoms with van der Waals surface area (Å²) in [7, 11) is 0. The highest BCUT2D eigenvalue weighted by atomic mass is 16.2. The van der Waals surface area contributed by atoms with Gasteiger partial charge in [0.15, 0.2) is 0 Å². The Morgan fingerprint density at radius 3 is 2.42 bits per heavy atom. The highest BCUT2D eigenvalue weighted by Gasteiger charge is 2.07. The summed E-state index contributed by atoms with van der Waals surface area (Å²) < 4.78 is 0. The first-order chi connectivity index (χ1) is 9.08. The van der Waals surface area contributed by atoms with Gasteiger partial charge in [0.05, 0.1) is 0 Å². The van der Waals surface area contributed by atoms with Gasteiger partial charge in [-0.15, -0.1) is 0 Å². The number of unbranched alkanes of at least 4 members (excludes halogenated alkanes) is 3. The molecule has 0 radical (unpaired) electrons. The Bertz CT molecular complexity index is 427. The molecule has 19 heavy (non-hydrogen) atoms. The number of carbonyl (C=O) groups is 1. The van der Waals surface area contributed by atoms with Crippen molar-refractivity contribution in [2.45, 2.75) is 59.3 Å². The van der Waals surface area contributed by atoms with Crippen LogP contribution in [0, 0.1) is 6.92 Å². The van der Waals surface area contributed by atoms with Crippen LogP contribution >= 0.6 is 0 Å². The first-order valence-electron chi connectivity index (χ1n) is 7.27. The largest absolute Gasteiger partial charge is 0.351 e. The molecule has 0 aromatic heterocycles.